The zero-order valence-corrected chi connectivity index (χ0v) is 13.0. The number of aryl methyl sites for hydroxylation is 1. The second-order valence-electron chi connectivity index (χ2n) is 5.67. The summed E-state index contributed by atoms with van der Waals surface area (Å²) < 4.78 is 11.7. The fourth-order valence-electron chi connectivity index (χ4n) is 2.24. The van der Waals surface area contributed by atoms with Gasteiger partial charge in [0, 0.05) is 0 Å². The summed E-state index contributed by atoms with van der Waals surface area (Å²) in [7, 11) is 0. The predicted molar refractivity (Wildman–Crippen MR) is 89.3 cm³/mol. The van der Waals surface area contributed by atoms with Crippen molar-refractivity contribution in [1.29, 1.82) is 0 Å². The molecule has 0 radical (unpaired) electrons. The van der Waals surface area contributed by atoms with E-state index in [2.05, 4.69) is 26.0 Å². The molecule has 0 spiro atoms. The number of hydrogen-bond acceptors (Lipinski definition) is 2. The molecule has 0 fully saturated rings. The van der Waals surface area contributed by atoms with Gasteiger partial charge >= 0.3 is 0 Å². The number of hydrogen-bond donors (Lipinski definition) is 0. The van der Waals surface area contributed by atoms with E-state index in [4.69, 9.17) is 9.47 Å². The zero-order chi connectivity index (χ0) is 15.4. The van der Waals surface area contributed by atoms with Crippen molar-refractivity contribution in [3.63, 3.8) is 0 Å². The van der Waals surface area contributed by atoms with Crippen LogP contribution in [0.15, 0.2) is 72.5 Å². The largest absolute Gasteiger partial charge is 0.458 e. The van der Waals surface area contributed by atoms with Gasteiger partial charge in [0.05, 0.1) is 0 Å². The van der Waals surface area contributed by atoms with Gasteiger partial charge in [-0.25, -0.2) is 0 Å². The van der Waals surface area contributed by atoms with Gasteiger partial charge in [-0.1, -0.05) is 30.7 Å². The third-order valence-electron chi connectivity index (χ3n) is 3.60. The van der Waals surface area contributed by atoms with E-state index in [0.717, 1.165) is 29.4 Å². The standard InChI is InChI=1S/C20H20O2/c1-15-3-7-17(8-4-15)21-19-11-13-20(14-12-19)22-18-9-5-16(2)6-10-18/h3-5,7-14,16H,6H2,1-2H3. The number of ether oxygens (including phenoxy) is 2. The van der Waals surface area contributed by atoms with Gasteiger partial charge < -0.3 is 9.47 Å². The molecular formula is C20H20O2. The molecule has 0 saturated carbocycles. The Morgan fingerprint density at radius 2 is 1.36 bits per heavy atom. The average molecular weight is 292 g/mol. The highest BCUT2D eigenvalue weighted by atomic mass is 16.5. The lowest BCUT2D eigenvalue weighted by atomic mass is 10.0. The minimum Gasteiger partial charge on any atom is -0.458 e. The van der Waals surface area contributed by atoms with Gasteiger partial charge in [0.1, 0.15) is 23.0 Å². The summed E-state index contributed by atoms with van der Waals surface area (Å²) in [6, 6.07) is 15.7. The third kappa shape index (κ3) is 3.79. The Morgan fingerprint density at radius 1 is 0.818 bits per heavy atom. The normalized spacial score (nSPS) is 17.0. The zero-order valence-electron chi connectivity index (χ0n) is 13.0. The second kappa shape index (κ2) is 6.52. The number of allylic oxidation sites excluding steroid dienone is 3. The van der Waals surface area contributed by atoms with Crippen molar-refractivity contribution in [2.24, 2.45) is 5.92 Å². The molecule has 2 aromatic rings. The Balaban J connectivity index is 1.63. The molecule has 2 heteroatoms. The first-order chi connectivity index (χ1) is 10.7. The molecule has 0 bridgehead atoms. The van der Waals surface area contributed by atoms with Crippen molar-refractivity contribution < 1.29 is 9.47 Å². The van der Waals surface area contributed by atoms with Gasteiger partial charge in [-0.2, -0.15) is 0 Å². The topological polar surface area (TPSA) is 18.5 Å². The van der Waals surface area contributed by atoms with Crippen molar-refractivity contribution in [3.8, 4) is 17.2 Å². The Bertz CT molecular complexity index is 679. The lowest BCUT2D eigenvalue weighted by molar-refractivity contribution is 0.432. The van der Waals surface area contributed by atoms with E-state index in [0.29, 0.717) is 5.92 Å². The third-order valence-corrected chi connectivity index (χ3v) is 3.60. The van der Waals surface area contributed by atoms with Crippen LogP contribution in [0.2, 0.25) is 0 Å². The lowest BCUT2D eigenvalue weighted by Crippen LogP contribution is -1.99. The highest BCUT2D eigenvalue weighted by Gasteiger charge is 2.05. The predicted octanol–water partition coefficient (Wildman–Crippen LogP) is 5.65. The molecule has 0 heterocycles. The van der Waals surface area contributed by atoms with Gasteiger partial charge in [-0.05, 0) is 67.8 Å². The van der Waals surface area contributed by atoms with E-state index in [1.807, 2.05) is 54.6 Å². The van der Waals surface area contributed by atoms with Crippen molar-refractivity contribution in [2.45, 2.75) is 20.3 Å². The fraction of sp³-hybridized carbons (Fsp3) is 0.200. The summed E-state index contributed by atoms with van der Waals surface area (Å²) in [6.45, 7) is 4.26. The molecule has 0 N–H and O–H groups in total. The van der Waals surface area contributed by atoms with Crippen LogP contribution in [0.4, 0.5) is 0 Å². The first kappa shape index (κ1) is 14.5. The molecule has 0 amide bonds. The van der Waals surface area contributed by atoms with E-state index < -0.39 is 0 Å². The van der Waals surface area contributed by atoms with Gasteiger partial charge in [0.15, 0.2) is 0 Å². The second-order valence-corrected chi connectivity index (χ2v) is 5.67. The monoisotopic (exact) mass is 292 g/mol. The lowest BCUT2D eigenvalue weighted by Gasteiger charge is -2.13. The molecule has 1 aliphatic rings. The van der Waals surface area contributed by atoms with Crippen molar-refractivity contribution in [1.82, 2.24) is 0 Å². The molecule has 2 nitrogen and oxygen atoms in total. The Morgan fingerprint density at radius 3 is 1.91 bits per heavy atom. The van der Waals surface area contributed by atoms with Gasteiger partial charge in [-0.3, -0.25) is 0 Å². The van der Waals surface area contributed by atoms with Crippen LogP contribution in [-0.2, 0) is 0 Å². The molecule has 2 aromatic carbocycles. The molecule has 1 unspecified atom stereocenters. The average Bonchev–Trinajstić information content (AvgIpc) is 2.54. The number of rotatable bonds is 4. The summed E-state index contributed by atoms with van der Waals surface area (Å²) in [6.07, 6.45) is 7.36. The van der Waals surface area contributed by atoms with Crippen molar-refractivity contribution >= 4 is 0 Å². The van der Waals surface area contributed by atoms with E-state index in [9.17, 15) is 0 Å². The highest BCUT2D eigenvalue weighted by Crippen LogP contribution is 2.26. The van der Waals surface area contributed by atoms with E-state index in [-0.39, 0.29) is 0 Å². The van der Waals surface area contributed by atoms with Crippen LogP contribution in [0.5, 0.6) is 17.2 Å². The molecule has 0 aromatic heterocycles. The van der Waals surface area contributed by atoms with Crippen LogP contribution in [0.1, 0.15) is 18.9 Å². The maximum Gasteiger partial charge on any atom is 0.127 e. The quantitative estimate of drug-likeness (QED) is 0.725. The summed E-state index contributed by atoms with van der Waals surface area (Å²) in [5.41, 5.74) is 1.22. The van der Waals surface area contributed by atoms with Crippen LogP contribution in [0, 0.1) is 12.8 Å². The molecule has 0 saturated heterocycles. The summed E-state index contributed by atoms with van der Waals surface area (Å²) in [5, 5.41) is 0. The van der Waals surface area contributed by atoms with Crippen LogP contribution in [-0.4, -0.2) is 0 Å². The summed E-state index contributed by atoms with van der Waals surface area (Å²) in [5.74, 6) is 3.97. The van der Waals surface area contributed by atoms with Crippen LogP contribution in [0.3, 0.4) is 0 Å². The molecule has 22 heavy (non-hydrogen) atoms. The molecule has 0 aliphatic heterocycles. The fourth-order valence-corrected chi connectivity index (χ4v) is 2.24. The SMILES string of the molecule is Cc1ccc(Oc2ccc(OC3=CCC(C)C=C3)cc2)cc1. The van der Waals surface area contributed by atoms with Crippen LogP contribution >= 0.6 is 0 Å². The minimum absolute atomic E-state index is 0.595. The van der Waals surface area contributed by atoms with E-state index >= 15 is 0 Å². The maximum atomic E-state index is 5.84. The van der Waals surface area contributed by atoms with Gasteiger partial charge in [0.25, 0.3) is 0 Å². The molecule has 1 atom stereocenters. The first-order valence-electron chi connectivity index (χ1n) is 7.60. The van der Waals surface area contributed by atoms with Crippen LogP contribution in [0.25, 0.3) is 0 Å². The summed E-state index contributed by atoms with van der Waals surface area (Å²) in [4.78, 5) is 0. The highest BCUT2D eigenvalue weighted by molar-refractivity contribution is 5.37. The molecule has 1 aliphatic carbocycles. The first-order valence-corrected chi connectivity index (χ1v) is 7.60. The van der Waals surface area contributed by atoms with Crippen molar-refractivity contribution in [2.75, 3.05) is 0 Å². The van der Waals surface area contributed by atoms with E-state index in [1.54, 1.807) is 0 Å². The van der Waals surface area contributed by atoms with Gasteiger partial charge in [0.2, 0.25) is 0 Å². The molecular weight excluding hydrogens is 272 g/mol. The Labute approximate surface area is 131 Å². The Hall–Kier alpha value is -2.48. The smallest absolute Gasteiger partial charge is 0.127 e. The van der Waals surface area contributed by atoms with Crippen LogP contribution < -0.4 is 9.47 Å². The van der Waals surface area contributed by atoms with Gasteiger partial charge in [-0.15, -0.1) is 0 Å². The van der Waals surface area contributed by atoms with E-state index in [1.165, 1.54) is 5.56 Å². The van der Waals surface area contributed by atoms with Crippen molar-refractivity contribution in [3.05, 3.63) is 78.1 Å². The molecule has 112 valence electrons. The Kier molecular flexibility index (Phi) is 4.29. The minimum atomic E-state index is 0.595. The maximum absolute atomic E-state index is 5.84. The molecule has 3 rings (SSSR count). The summed E-state index contributed by atoms with van der Waals surface area (Å²) >= 11 is 0. The number of benzene rings is 2.